The summed E-state index contributed by atoms with van der Waals surface area (Å²) >= 11 is 0. The Morgan fingerprint density at radius 3 is 2.88 bits per heavy atom. The Balaban J connectivity index is 1.36. The maximum Gasteiger partial charge on any atom is 0.252 e. The molecule has 1 atom stereocenters. The van der Waals surface area contributed by atoms with Crippen LogP contribution in [0.5, 0.6) is 0 Å². The zero-order valence-electron chi connectivity index (χ0n) is 15.2. The maximum absolute atomic E-state index is 12.2. The third-order valence-corrected chi connectivity index (χ3v) is 5.70. The molecule has 138 valence electrons. The van der Waals surface area contributed by atoms with Crippen molar-refractivity contribution in [3.05, 3.63) is 48.0 Å². The molecule has 1 fully saturated rings. The molecule has 0 saturated heterocycles. The number of fused-ring (bicyclic) bond motifs is 1. The van der Waals surface area contributed by atoms with E-state index in [9.17, 15) is 4.79 Å². The van der Waals surface area contributed by atoms with Crippen molar-refractivity contribution in [1.29, 1.82) is 0 Å². The third-order valence-electron chi connectivity index (χ3n) is 5.70. The van der Waals surface area contributed by atoms with Crippen LogP contribution in [0.25, 0.3) is 0 Å². The molecule has 1 N–H and O–H groups in total. The molecule has 6 nitrogen and oxygen atoms in total. The lowest BCUT2D eigenvalue weighted by molar-refractivity contribution is 0.0947. The molecule has 1 amide bonds. The van der Waals surface area contributed by atoms with Crippen LogP contribution >= 0.6 is 0 Å². The number of hydrogen-bond donors (Lipinski definition) is 1. The Kier molecular flexibility index (Phi) is 5.29. The second-order valence-corrected chi connectivity index (χ2v) is 7.52. The number of carbonyl (C=O) groups excluding carboxylic acids is 1. The van der Waals surface area contributed by atoms with E-state index in [4.69, 9.17) is 0 Å². The van der Waals surface area contributed by atoms with E-state index in [2.05, 4.69) is 31.0 Å². The van der Waals surface area contributed by atoms with Crippen molar-refractivity contribution in [2.24, 2.45) is 5.92 Å². The molecule has 0 bridgehead atoms. The highest BCUT2D eigenvalue weighted by molar-refractivity contribution is 5.93. The van der Waals surface area contributed by atoms with Gasteiger partial charge in [-0.1, -0.05) is 12.8 Å². The van der Waals surface area contributed by atoms with Gasteiger partial charge in [0.15, 0.2) is 0 Å². The first kappa shape index (κ1) is 17.2. The molecule has 0 aromatic carbocycles. The van der Waals surface area contributed by atoms with Crippen molar-refractivity contribution < 1.29 is 4.79 Å². The second kappa shape index (κ2) is 7.99. The van der Waals surface area contributed by atoms with Crippen molar-refractivity contribution in [3.8, 4) is 0 Å². The van der Waals surface area contributed by atoms with E-state index >= 15 is 0 Å². The van der Waals surface area contributed by atoms with Crippen molar-refractivity contribution >= 4 is 5.91 Å². The maximum atomic E-state index is 12.2. The number of hydrogen-bond acceptors (Lipinski definition) is 4. The summed E-state index contributed by atoms with van der Waals surface area (Å²) in [5, 5.41) is 7.55. The molecule has 6 heteroatoms. The molecule has 3 heterocycles. The second-order valence-electron chi connectivity index (χ2n) is 7.52. The van der Waals surface area contributed by atoms with Gasteiger partial charge in [0.05, 0.1) is 11.3 Å². The van der Waals surface area contributed by atoms with Gasteiger partial charge in [0, 0.05) is 50.8 Å². The SMILES string of the molecule is O=C(NCC[C@H]1CN(C2CCCC2)Cc2ccnn2C1)c1cccnc1. The van der Waals surface area contributed by atoms with Crippen LogP contribution in [-0.2, 0) is 13.1 Å². The third kappa shape index (κ3) is 3.96. The fraction of sp³-hybridized carbons (Fsp3) is 0.550. The van der Waals surface area contributed by atoms with Gasteiger partial charge in [-0.2, -0.15) is 5.10 Å². The van der Waals surface area contributed by atoms with Gasteiger partial charge in [-0.25, -0.2) is 0 Å². The minimum absolute atomic E-state index is 0.0425. The zero-order valence-corrected chi connectivity index (χ0v) is 15.2. The first-order valence-corrected chi connectivity index (χ1v) is 9.72. The summed E-state index contributed by atoms with van der Waals surface area (Å²) in [5.41, 5.74) is 1.94. The van der Waals surface area contributed by atoms with Crippen LogP contribution < -0.4 is 5.32 Å². The number of rotatable bonds is 5. The van der Waals surface area contributed by atoms with Crippen molar-refractivity contribution in [2.75, 3.05) is 13.1 Å². The highest BCUT2D eigenvalue weighted by Crippen LogP contribution is 2.28. The topological polar surface area (TPSA) is 63.1 Å². The molecule has 2 aromatic heterocycles. The fourth-order valence-corrected chi connectivity index (χ4v) is 4.28. The molecule has 2 aliphatic rings. The first-order valence-electron chi connectivity index (χ1n) is 9.72. The standard InChI is InChI=1S/C20H27N5O/c26-20(17-4-3-9-21-12-17)22-10-7-16-13-24(18-5-1-2-6-18)15-19-8-11-23-25(19)14-16/h3-4,8-9,11-12,16,18H,1-2,5-7,10,13-15H2,(H,22,26)/t16-/m0/s1. The molecule has 4 rings (SSSR count). The molecule has 0 spiro atoms. The highest BCUT2D eigenvalue weighted by Gasteiger charge is 2.28. The van der Waals surface area contributed by atoms with Gasteiger partial charge in [-0.15, -0.1) is 0 Å². The van der Waals surface area contributed by atoms with E-state index < -0.39 is 0 Å². The van der Waals surface area contributed by atoms with Gasteiger partial charge in [0.2, 0.25) is 0 Å². The van der Waals surface area contributed by atoms with Crippen LogP contribution in [0.3, 0.4) is 0 Å². The Morgan fingerprint density at radius 2 is 2.08 bits per heavy atom. The summed E-state index contributed by atoms with van der Waals surface area (Å²) in [6, 6.07) is 6.45. The number of nitrogens with one attached hydrogen (secondary N) is 1. The Morgan fingerprint density at radius 1 is 1.19 bits per heavy atom. The monoisotopic (exact) mass is 353 g/mol. The van der Waals surface area contributed by atoms with Gasteiger partial charge >= 0.3 is 0 Å². The number of nitrogens with zero attached hydrogens (tertiary/aromatic N) is 4. The van der Waals surface area contributed by atoms with E-state index in [1.165, 1.54) is 31.4 Å². The van der Waals surface area contributed by atoms with Gasteiger partial charge < -0.3 is 5.32 Å². The van der Waals surface area contributed by atoms with E-state index in [0.717, 1.165) is 26.1 Å². The fourth-order valence-electron chi connectivity index (χ4n) is 4.28. The molecule has 1 aliphatic carbocycles. The summed E-state index contributed by atoms with van der Waals surface area (Å²) in [4.78, 5) is 18.9. The largest absolute Gasteiger partial charge is 0.352 e. The molecular weight excluding hydrogens is 326 g/mol. The predicted octanol–water partition coefficient (Wildman–Crippen LogP) is 2.47. The Labute approximate surface area is 154 Å². The quantitative estimate of drug-likeness (QED) is 0.897. The number of aromatic nitrogens is 3. The molecule has 1 saturated carbocycles. The Bertz CT molecular complexity index is 723. The normalized spacial score (nSPS) is 21.3. The van der Waals surface area contributed by atoms with Crippen molar-refractivity contribution in [3.63, 3.8) is 0 Å². The first-order chi connectivity index (χ1) is 12.8. The predicted molar refractivity (Wildman–Crippen MR) is 99.6 cm³/mol. The molecule has 26 heavy (non-hydrogen) atoms. The van der Waals surface area contributed by atoms with Crippen LogP contribution in [-0.4, -0.2) is 44.7 Å². The average Bonchev–Trinajstić information content (AvgIpc) is 3.32. The number of pyridine rings is 1. The van der Waals surface area contributed by atoms with Crippen LogP contribution in [0.4, 0.5) is 0 Å². The minimum Gasteiger partial charge on any atom is -0.352 e. The number of amides is 1. The van der Waals surface area contributed by atoms with Gasteiger partial charge in [0.1, 0.15) is 0 Å². The summed E-state index contributed by atoms with van der Waals surface area (Å²) in [5.74, 6) is 0.463. The van der Waals surface area contributed by atoms with E-state index in [1.54, 1.807) is 24.5 Å². The average molecular weight is 353 g/mol. The van der Waals surface area contributed by atoms with Crippen LogP contribution in [0.2, 0.25) is 0 Å². The van der Waals surface area contributed by atoms with Gasteiger partial charge in [-0.3, -0.25) is 19.4 Å². The van der Waals surface area contributed by atoms with Crippen LogP contribution in [0.15, 0.2) is 36.8 Å². The van der Waals surface area contributed by atoms with E-state index in [0.29, 0.717) is 24.1 Å². The zero-order chi connectivity index (χ0) is 17.8. The summed E-state index contributed by atoms with van der Waals surface area (Å²) in [7, 11) is 0. The Hall–Kier alpha value is -2.21. The minimum atomic E-state index is -0.0425. The summed E-state index contributed by atoms with van der Waals surface area (Å²) in [6.45, 7) is 3.72. The molecule has 0 unspecified atom stereocenters. The smallest absolute Gasteiger partial charge is 0.252 e. The van der Waals surface area contributed by atoms with Crippen LogP contribution in [0.1, 0.15) is 48.2 Å². The van der Waals surface area contributed by atoms with E-state index in [1.807, 2.05) is 6.20 Å². The molecular formula is C20H27N5O. The summed E-state index contributed by atoms with van der Waals surface area (Å²) in [6.07, 6.45) is 11.5. The highest BCUT2D eigenvalue weighted by atomic mass is 16.1. The lowest BCUT2D eigenvalue weighted by Crippen LogP contribution is -2.37. The van der Waals surface area contributed by atoms with Gasteiger partial charge in [-0.05, 0) is 43.4 Å². The molecule has 1 aliphatic heterocycles. The lowest BCUT2D eigenvalue weighted by atomic mass is 10.0. The number of carbonyl (C=O) groups is 1. The van der Waals surface area contributed by atoms with Gasteiger partial charge in [0.25, 0.3) is 5.91 Å². The molecule has 0 radical (unpaired) electrons. The van der Waals surface area contributed by atoms with Crippen LogP contribution in [0, 0.1) is 5.92 Å². The molecule has 2 aromatic rings. The van der Waals surface area contributed by atoms with Crippen molar-refractivity contribution in [2.45, 2.75) is 51.2 Å². The van der Waals surface area contributed by atoms with Crippen molar-refractivity contribution in [1.82, 2.24) is 25.0 Å². The van der Waals surface area contributed by atoms with E-state index in [-0.39, 0.29) is 5.91 Å². The summed E-state index contributed by atoms with van der Waals surface area (Å²) < 4.78 is 2.16. The lowest BCUT2D eigenvalue weighted by Gasteiger charge is -2.29.